The van der Waals surface area contributed by atoms with E-state index in [1.165, 1.54) is 0 Å². The van der Waals surface area contributed by atoms with Gasteiger partial charge in [-0.1, -0.05) is 0 Å². The molecular formula is C7H13NO4S2. The standard InChI is InChI=1S/C4H10O4S.C3H3NS/c1-3-7-9(5,6)8-4-2;1-2-5-3-4-1/h3-4H2,1-2H3;1-3H. The Morgan fingerprint density at radius 2 is 1.86 bits per heavy atom. The average molecular weight is 239 g/mol. The lowest BCUT2D eigenvalue weighted by Crippen LogP contribution is -2.09. The summed E-state index contributed by atoms with van der Waals surface area (Å²) in [6.07, 6.45) is 1.77. The van der Waals surface area contributed by atoms with E-state index < -0.39 is 10.4 Å². The van der Waals surface area contributed by atoms with E-state index in [2.05, 4.69) is 13.4 Å². The number of aromatic nitrogens is 1. The fraction of sp³-hybridized carbons (Fsp3) is 0.571. The molecule has 0 atom stereocenters. The van der Waals surface area contributed by atoms with Crippen molar-refractivity contribution in [3.63, 3.8) is 0 Å². The van der Waals surface area contributed by atoms with Crippen LogP contribution < -0.4 is 0 Å². The third kappa shape index (κ3) is 8.11. The molecule has 82 valence electrons. The molecule has 14 heavy (non-hydrogen) atoms. The largest absolute Gasteiger partial charge is 0.399 e. The van der Waals surface area contributed by atoms with Gasteiger partial charge in [-0.3, -0.25) is 4.98 Å². The van der Waals surface area contributed by atoms with Crippen molar-refractivity contribution in [2.75, 3.05) is 13.2 Å². The first kappa shape index (κ1) is 13.5. The summed E-state index contributed by atoms with van der Waals surface area (Å²) in [5.74, 6) is 0. The highest BCUT2D eigenvalue weighted by atomic mass is 32.3. The van der Waals surface area contributed by atoms with Gasteiger partial charge in [-0.25, -0.2) is 8.37 Å². The van der Waals surface area contributed by atoms with Crippen molar-refractivity contribution < 1.29 is 16.8 Å². The first-order chi connectivity index (χ1) is 6.62. The molecule has 0 radical (unpaired) electrons. The van der Waals surface area contributed by atoms with Gasteiger partial charge in [0.25, 0.3) is 0 Å². The predicted octanol–water partition coefficient (Wildman–Crippen LogP) is 1.45. The van der Waals surface area contributed by atoms with Crippen molar-refractivity contribution in [2.24, 2.45) is 0 Å². The Morgan fingerprint density at radius 3 is 2.07 bits per heavy atom. The first-order valence-electron chi connectivity index (χ1n) is 3.98. The van der Waals surface area contributed by atoms with Gasteiger partial charge in [0.05, 0.1) is 18.7 Å². The van der Waals surface area contributed by atoms with Gasteiger partial charge in [0.15, 0.2) is 0 Å². The van der Waals surface area contributed by atoms with Crippen molar-refractivity contribution in [3.05, 3.63) is 17.1 Å². The summed E-state index contributed by atoms with van der Waals surface area (Å²) in [6.45, 7) is 3.39. The summed E-state index contributed by atoms with van der Waals surface area (Å²) in [6, 6.07) is 0. The highest BCUT2D eigenvalue weighted by Crippen LogP contribution is 1.93. The van der Waals surface area contributed by atoms with Crippen molar-refractivity contribution in [1.29, 1.82) is 0 Å². The van der Waals surface area contributed by atoms with Crippen LogP contribution in [0.5, 0.6) is 0 Å². The van der Waals surface area contributed by atoms with E-state index in [9.17, 15) is 8.42 Å². The Hall–Kier alpha value is -0.500. The molecule has 0 N–H and O–H groups in total. The zero-order valence-corrected chi connectivity index (χ0v) is 9.68. The third-order valence-corrected chi connectivity index (χ3v) is 2.44. The third-order valence-electron chi connectivity index (χ3n) is 0.872. The maximum atomic E-state index is 10.4. The topological polar surface area (TPSA) is 65.5 Å². The lowest BCUT2D eigenvalue weighted by molar-refractivity contribution is 0.231. The zero-order valence-electron chi connectivity index (χ0n) is 8.04. The molecule has 0 amide bonds. The molecule has 0 saturated heterocycles. The van der Waals surface area contributed by atoms with Crippen LogP contribution in [-0.4, -0.2) is 26.6 Å². The Kier molecular flexibility index (Phi) is 7.58. The van der Waals surface area contributed by atoms with Crippen molar-refractivity contribution >= 4 is 21.7 Å². The molecule has 0 saturated carbocycles. The van der Waals surface area contributed by atoms with Gasteiger partial charge in [-0.2, -0.15) is 8.42 Å². The molecule has 0 fully saturated rings. The predicted molar refractivity (Wildman–Crippen MR) is 54.3 cm³/mol. The minimum absolute atomic E-state index is 0.113. The fourth-order valence-corrected chi connectivity index (χ4v) is 1.50. The van der Waals surface area contributed by atoms with E-state index in [1.54, 1.807) is 36.9 Å². The molecule has 1 rings (SSSR count). The highest BCUT2D eigenvalue weighted by molar-refractivity contribution is 7.81. The molecule has 1 aromatic heterocycles. The van der Waals surface area contributed by atoms with Gasteiger partial charge >= 0.3 is 10.4 Å². The number of thiazole rings is 1. The normalized spacial score (nSPS) is 10.4. The Labute approximate surface area is 88.0 Å². The molecule has 0 bridgehead atoms. The second-order valence-corrected chi connectivity index (χ2v) is 3.94. The summed E-state index contributed by atoms with van der Waals surface area (Å²) < 4.78 is 29.2. The Morgan fingerprint density at radius 1 is 1.29 bits per heavy atom. The second-order valence-electron chi connectivity index (χ2n) is 1.90. The molecule has 1 heterocycles. The first-order valence-corrected chi connectivity index (χ1v) is 6.26. The smallest absolute Gasteiger partial charge is 0.253 e. The van der Waals surface area contributed by atoms with Crippen molar-refractivity contribution in [1.82, 2.24) is 4.98 Å². The van der Waals surface area contributed by atoms with Gasteiger partial charge in [0.2, 0.25) is 0 Å². The minimum atomic E-state index is -3.68. The average Bonchev–Trinajstić information content (AvgIpc) is 2.59. The lowest BCUT2D eigenvalue weighted by Gasteiger charge is -1.99. The monoisotopic (exact) mass is 239 g/mol. The summed E-state index contributed by atoms with van der Waals surface area (Å²) in [5, 5.41) is 1.93. The van der Waals surface area contributed by atoms with Crippen LogP contribution in [-0.2, 0) is 18.8 Å². The van der Waals surface area contributed by atoms with E-state index in [1.807, 2.05) is 5.38 Å². The molecule has 0 aliphatic heterocycles. The maximum Gasteiger partial charge on any atom is 0.399 e. The van der Waals surface area contributed by atoms with Gasteiger partial charge in [-0.15, -0.1) is 11.3 Å². The van der Waals surface area contributed by atoms with Gasteiger partial charge < -0.3 is 0 Å². The number of nitrogens with zero attached hydrogens (tertiary/aromatic N) is 1. The molecule has 0 aliphatic carbocycles. The summed E-state index contributed by atoms with van der Waals surface area (Å²) in [5.41, 5.74) is 1.79. The maximum absolute atomic E-state index is 10.4. The molecule has 0 spiro atoms. The fourth-order valence-electron chi connectivity index (χ4n) is 0.498. The number of hydrogen-bond donors (Lipinski definition) is 0. The van der Waals surface area contributed by atoms with E-state index in [0.717, 1.165) is 0 Å². The van der Waals surface area contributed by atoms with Gasteiger partial charge in [0.1, 0.15) is 0 Å². The van der Waals surface area contributed by atoms with Crippen LogP contribution in [0.25, 0.3) is 0 Å². The SMILES string of the molecule is CCOS(=O)(=O)OCC.c1cscn1. The summed E-state index contributed by atoms with van der Waals surface area (Å²) in [7, 11) is -3.68. The van der Waals surface area contributed by atoms with E-state index in [4.69, 9.17) is 0 Å². The second kappa shape index (κ2) is 7.86. The Balaban J connectivity index is 0.000000280. The van der Waals surface area contributed by atoms with E-state index >= 15 is 0 Å². The molecular weight excluding hydrogens is 226 g/mol. The molecule has 5 nitrogen and oxygen atoms in total. The molecule has 7 heteroatoms. The van der Waals surface area contributed by atoms with Crippen molar-refractivity contribution in [2.45, 2.75) is 13.8 Å². The van der Waals surface area contributed by atoms with Crippen LogP contribution in [0.1, 0.15) is 13.8 Å². The highest BCUT2D eigenvalue weighted by Gasteiger charge is 2.06. The summed E-state index contributed by atoms with van der Waals surface area (Å²) in [4.78, 5) is 3.74. The van der Waals surface area contributed by atoms with Gasteiger partial charge in [0, 0.05) is 11.6 Å². The molecule has 0 aliphatic rings. The van der Waals surface area contributed by atoms with E-state index in [-0.39, 0.29) is 13.2 Å². The van der Waals surface area contributed by atoms with Crippen LogP contribution >= 0.6 is 11.3 Å². The minimum Gasteiger partial charge on any atom is -0.253 e. The molecule has 0 aromatic carbocycles. The Bertz CT molecular complexity index is 266. The van der Waals surface area contributed by atoms with Crippen LogP contribution in [0, 0.1) is 0 Å². The van der Waals surface area contributed by atoms with Crippen LogP contribution in [0.3, 0.4) is 0 Å². The van der Waals surface area contributed by atoms with Crippen LogP contribution in [0.2, 0.25) is 0 Å². The molecule has 0 unspecified atom stereocenters. The zero-order chi connectivity index (χ0) is 10.9. The van der Waals surface area contributed by atoms with Crippen molar-refractivity contribution in [3.8, 4) is 0 Å². The number of hydrogen-bond acceptors (Lipinski definition) is 6. The van der Waals surface area contributed by atoms with Crippen LogP contribution in [0.4, 0.5) is 0 Å². The van der Waals surface area contributed by atoms with E-state index in [0.29, 0.717) is 0 Å². The van der Waals surface area contributed by atoms with Gasteiger partial charge in [-0.05, 0) is 13.8 Å². The summed E-state index contributed by atoms with van der Waals surface area (Å²) >= 11 is 1.60. The molecule has 1 aromatic rings. The quantitative estimate of drug-likeness (QED) is 0.795. The number of rotatable bonds is 4. The van der Waals surface area contributed by atoms with Crippen LogP contribution in [0.15, 0.2) is 17.1 Å². The lowest BCUT2D eigenvalue weighted by atomic mass is 10.9.